The molecule has 0 amide bonds. The SMILES string of the molecule is CCC(C(=O)O)=C(c1ccccc1)[N+](=O)[O-]. The Hall–Kier alpha value is -2.17. The second-order valence-corrected chi connectivity index (χ2v) is 3.11. The van der Waals surface area contributed by atoms with Gasteiger partial charge in [0.25, 0.3) is 5.70 Å². The van der Waals surface area contributed by atoms with Gasteiger partial charge in [-0.05, 0) is 18.6 Å². The maximum atomic E-state index is 10.9. The number of carboxylic acids is 1. The van der Waals surface area contributed by atoms with Crippen LogP contribution in [0.1, 0.15) is 18.9 Å². The fourth-order valence-corrected chi connectivity index (χ4v) is 1.41. The van der Waals surface area contributed by atoms with Crippen LogP contribution < -0.4 is 0 Å². The monoisotopic (exact) mass is 221 g/mol. The van der Waals surface area contributed by atoms with E-state index in [1.165, 1.54) is 12.1 Å². The van der Waals surface area contributed by atoms with Gasteiger partial charge < -0.3 is 5.11 Å². The molecule has 0 heterocycles. The van der Waals surface area contributed by atoms with Crippen LogP contribution in [0.15, 0.2) is 35.9 Å². The lowest BCUT2D eigenvalue weighted by molar-refractivity contribution is -0.376. The number of carbonyl (C=O) groups is 1. The summed E-state index contributed by atoms with van der Waals surface area (Å²) in [5.41, 5.74) is -0.210. The highest BCUT2D eigenvalue weighted by Crippen LogP contribution is 2.21. The summed E-state index contributed by atoms with van der Waals surface area (Å²) in [6.07, 6.45) is 0.112. The molecule has 0 fully saturated rings. The molecule has 0 saturated carbocycles. The number of nitrogens with zero attached hydrogens (tertiary/aromatic N) is 1. The predicted octanol–water partition coefficient (Wildman–Crippen LogP) is 2.17. The van der Waals surface area contributed by atoms with Gasteiger partial charge in [0, 0.05) is 0 Å². The molecule has 5 heteroatoms. The van der Waals surface area contributed by atoms with Gasteiger partial charge in [-0.1, -0.05) is 25.1 Å². The molecule has 1 aromatic rings. The number of aliphatic carboxylic acids is 1. The molecule has 0 spiro atoms. The summed E-state index contributed by atoms with van der Waals surface area (Å²) < 4.78 is 0. The molecule has 5 nitrogen and oxygen atoms in total. The van der Waals surface area contributed by atoms with Crippen molar-refractivity contribution in [3.05, 3.63) is 51.6 Å². The van der Waals surface area contributed by atoms with Crippen LogP contribution in [-0.4, -0.2) is 16.0 Å². The largest absolute Gasteiger partial charge is 0.478 e. The summed E-state index contributed by atoms with van der Waals surface area (Å²) in [6, 6.07) is 8.03. The topological polar surface area (TPSA) is 80.4 Å². The number of nitro groups is 1. The number of rotatable bonds is 4. The number of hydrogen-bond donors (Lipinski definition) is 1. The van der Waals surface area contributed by atoms with E-state index < -0.39 is 10.9 Å². The Labute approximate surface area is 92.2 Å². The highest BCUT2D eigenvalue weighted by Gasteiger charge is 2.24. The molecule has 0 unspecified atom stereocenters. The number of hydrogen-bond acceptors (Lipinski definition) is 3. The van der Waals surface area contributed by atoms with Crippen LogP contribution in [0.2, 0.25) is 0 Å². The minimum atomic E-state index is -1.25. The van der Waals surface area contributed by atoms with Gasteiger partial charge in [-0.15, -0.1) is 0 Å². The summed E-state index contributed by atoms with van der Waals surface area (Å²) in [4.78, 5) is 21.1. The number of benzene rings is 1. The third-order valence-corrected chi connectivity index (χ3v) is 2.13. The van der Waals surface area contributed by atoms with Crippen LogP contribution >= 0.6 is 0 Å². The lowest BCUT2D eigenvalue weighted by atomic mass is 10.1. The first-order valence-corrected chi connectivity index (χ1v) is 4.74. The lowest BCUT2D eigenvalue weighted by Gasteiger charge is -2.02. The van der Waals surface area contributed by atoms with E-state index >= 15 is 0 Å². The molecule has 0 saturated heterocycles. The van der Waals surface area contributed by atoms with Gasteiger partial charge >= 0.3 is 5.97 Å². The Kier molecular flexibility index (Phi) is 3.77. The molecule has 0 aromatic heterocycles. The first-order valence-electron chi connectivity index (χ1n) is 4.74. The maximum Gasteiger partial charge on any atom is 0.338 e. The number of carboxylic acid groups (broad SMARTS) is 1. The minimum absolute atomic E-state index is 0.112. The van der Waals surface area contributed by atoms with Crippen LogP contribution in [0.5, 0.6) is 0 Å². The third-order valence-electron chi connectivity index (χ3n) is 2.13. The molecule has 1 aromatic carbocycles. The summed E-state index contributed by atoms with van der Waals surface area (Å²) in [6.45, 7) is 1.58. The molecule has 0 aliphatic carbocycles. The van der Waals surface area contributed by atoms with Crippen molar-refractivity contribution in [3.63, 3.8) is 0 Å². The molecule has 84 valence electrons. The zero-order valence-electron chi connectivity index (χ0n) is 8.71. The fraction of sp³-hybridized carbons (Fsp3) is 0.182. The highest BCUT2D eigenvalue weighted by molar-refractivity contribution is 5.94. The second-order valence-electron chi connectivity index (χ2n) is 3.11. The Balaban J connectivity index is 3.40. The van der Waals surface area contributed by atoms with Gasteiger partial charge in [0.15, 0.2) is 0 Å². The van der Waals surface area contributed by atoms with Crippen LogP contribution in [0.3, 0.4) is 0 Å². The zero-order chi connectivity index (χ0) is 12.1. The fourth-order valence-electron chi connectivity index (χ4n) is 1.41. The predicted molar refractivity (Wildman–Crippen MR) is 58.3 cm³/mol. The maximum absolute atomic E-state index is 10.9. The Morgan fingerprint density at radius 3 is 2.31 bits per heavy atom. The molecule has 0 aliphatic heterocycles. The van der Waals surface area contributed by atoms with E-state index in [9.17, 15) is 14.9 Å². The van der Waals surface area contributed by atoms with Gasteiger partial charge in [0.1, 0.15) is 5.57 Å². The first kappa shape index (κ1) is 11.9. The van der Waals surface area contributed by atoms with Crippen molar-refractivity contribution in [3.8, 4) is 0 Å². The summed E-state index contributed by atoms with van der Waals surface area (Å²) >= 11 is 0. The Morgan fingerprint density at radius 1 is 1.38 bits per heavy atom. The zero-order valence-corrected chi connectivity index (χ0v) is 8.71. The van der Waals surface area contributed by atoms with Gasteiger partial charge in [-0.3, -0.25) is 10.1 Å². The van der Waals surface area contributed by atoms with E-state index in [2.05, 4.69) is 0 Å². The standard InChI is InChI=1S/C11H11NO4/c1-2-9(11(13)14)10(12(15)16)8-6-4-3-5-7-8/h3-7H,2H2,1H3,(H,13,14). The van der Waals surface area contributed by atoms with E-state index in [-0.39, 0.29) is 17.7 Å². The van der Waals surface area contributed by atoms with Crippen molar-refractivity contribution in [2.24, 2.45) is 0 Å². The van der Waals surface area contributed by atoms with Crippen molar-refractivity contribution in [1.82, 2.24) is 0 Å². The molecule has 1 rings (SSSR count). The molecular formula is C11H11NO4. The molecule has 1 N–H and O–H groups in total. The Morgan fingerprint density at radius 2 is 1.94 bits per heavy atom. The molecule has 0 aliphatic rings. The van der Waals surface area contributed by atoms with E-state index in [4.69, 9.17) is 5.11 Å². The molecule has 16 heavy (non-hydrogen) atoms. The molecular weight excluding hydrogens is 210 g/mol. The Bertz CT molecular complexity index is 437. The second kappa shape index (κ2) is 5.06. The van der Waals surface area contributed by atoms with Crippen LogP contribution in [0.4, 0.5) is 0 Å². The van der Waals surface area contributed by atoms with E-state index in [1.807, 2.05) is 0 Å². The van der Waals surface area contributed by atoms with Crippen LogP contribution in [0, 0.1) is 10.1 Å². The van der Waals surface area contributed by atoms with Crippen molar-refractivity contribution in [2.75, 3.05) is 0 Å². The van der Waals surface area contributed by atoms with E-state index in [1.54, 1.807) is 25.1 Å². The molecule has 0 radical (unpaired) electrons. The van der Waals surface area contributed by atoms with Crippen molar-refractivity contribution in [1.29, 1.82) is 0 Å². The summed E-state index contributed by atoms with van der Waals surface area (Å²) in [5, 5.41) is 19.8. The van der Waals surface area contributed by atoms with E-state index in [0.717, 1.165) is 0 Å². The average molecular weight is 221 g/mol. The lowest BCUT2D eigenvalue weighted by Crippen LogP contribution is -2.09. The van der Waals surface area contributed by atoms with Gasteiger partial charge in [0.2, 0.25) is 0 Å². The van der Waals surface area contributed by atoms with E-state index in [0.29, 0.717) is 5.56 Å². The smallest absolute Gasteiger partial charge is 0.338 e. The summed E-state index contributed by atoms with van der Waals surface area (Å²) in [5.74, 6) is -1.25. The molecule has 0 bridgehead atoms. The van der Waals surface area contributed by atoms with Crippen molar-refractivity contribution >= 4 is 11.7 Å². The summed E-state index contributed by atoms with van der Waals surface area (Å²) in [7, 11) is 0. The van der Waals surface area contributed by atoms with Crippen molar-refractivity contribution < 1.29 is 14.8 Å². The van der Waals surface area contributed by atoms with Crippen LogP contribution in [-0.2, 0) is 4.79 Å². The quantitative estimate of drug-likeness (QED) is 0.480. The van der Waals surface area contributed by atoms with Gasteiger partial charge in [-0.2, -0.15) is 0 Å². The van der Waals surface area contributed by atoms with Gasteiger partial charge in [-0.25, -0.2) is 4.79 Å². The average Bonchev–Trinajstić information content (AvgIpc) is 2.25. The van der Waals surface area contributed by atoms with Crippen molar-refractivity contribution in [2.45, 2.75) is 13.3 Å². The van der Waals surface area contributed by atoms with Gasteiger partial charge in [0.05, 0.1) is 10.5 Å². The molecule has 0 atom stereocenters. The minimum Gasteiger partial charge on any atom is -0.478 e. The van der Waals surface area contributed by atoms with Crippen LogP contribution in [0.25, 0.3) is 5.70 Å². The third kappa shape index (κ3) is 2.44. The highest BCUT2D eigenvalue weighted by atomic mass is 16.6. The first-order chi connectivity index (χ1) is 7.57. The normalized spacial score (nSPS) is 11.8.